The third kappa shape index (κ3) is 3.93. The van der Waals surface area contributed by atoms with Crippen LogP contribution in [-0.2, 0) is 4.79 Å². The highest BCUT2D eigenvalue weighted by Gasteiger charge is 2.45. The molecule has 7 heteroatoms. The summed E-state index contributed by atoms with van der Waals surface area (Å²) in [6.07, 6.45) is 8.12. The maximum atomic E-state index is 13.1. The van der Waals surface area contributed by atoms with E-state index in [4.69, 9.17) is 0 Å². The van der Waals surface area contributed by atoms with Crippen molar-refractivity contribution in [1.82, 2.24) is 15.6 Å². The van der Waals surface area contributed by atoms with Crippen molar-refractivity contribution in [2.24, 2.45) is 5.92 Å². The number of amides is 3. The van der Waals surface area contributed by atoms with E-state index in [1.54, 1.807) is 12.1 Å². The van der Waals surface area contributed by atoms with Gasteiger partial charge in [-0.1, -0.05) is 19.3 Å². The van der Waals surface area contributed by atoms with Crippen molar-refractivity contribution >= 4 is 17.6 Å². The Kier molecular flexibility index (Phi) is 5.04. The van der Waals surface area contributed by atoms with Crippen molar-refractivity contribution in [2.45, 2.75) is 57.0 Å². The Bertz CT molecular complexity index is 694. The molecule has 4 rings (SSSR count). The molecule has 2 N–H and O–H groups in total. The quantitative estimate of drug-likeness (QED) is 0.854. The van der Waals surface area contributed by atoms with E-state index in [9.17, 15) is 14.0 Å². The highest BCUT2D eigenvalue weighted by Crippen LogP contribution is 2.30. The average Bonchev–Trinajstić information content (AvgIpc) is 2.99. The van der Waals surface area contributed by atoms with Crippen molar-refractivity contribution < 1.29 is 14.0 Å². The number of benzene rings is 1. The number of rotatable bonds is 3. The first-order chi connectivity index (χ1) is 13.0. The average molecular weight is 374 g/mol. The van der Waals surface area contributed by atoms with Crippen molar-refractivity contribution in [3.8, 4) is 0 Å². The molecule has 2 saturated heterocycles. The van der Waals surface area contributed by atoms with Crippen LogP contribution >= 0.6 is 0 Å². The molecule has 2 aliphatic heterocycles. The van der Waals surface area contributed by atoms with Gasteiger partial charge < -0.3 is 10.2 Å². The molecule has 0 atom stereocenters. The summed E-state index contributed by atoms with van der Waals surface area (Å²) in [6, 6.07) is 5.57. The molecule has 0 unspecified atom stereocenters. The third-order valence-electron chi connectivity index (χ3n) is 6.12. The van der Waals surface area contributed by atoms with E-state index >= 15 is 0 Å². The van der Waals surface area contributed by atoms with Crippen molar-refractivity contribution in [1.29, 1.82) is 0 Å². The van der Waals surface area contributed by atoms with Gasteiger partial charge in [0.15, 0.2) is 0 Å². The van der Waals surface area contributed by atoms with Gasteiger partial charge in [-0.15, -0.1) is 0 Å². The lowest BCUT2D eigenvalue weighted by Gasteiger charge is -2.39. The van der Waals surface area contributed by atoms with Crippen LogP contribution in [0, 0.1) is 11.7 Å². The maximum Gasteiger partial charge on any atom is 0.338 e. The molecule has 146 valence electrons. The van der Waals surface area contributed by atoms with Gasteiger partial charge in [-0.2, -0.15) is 0 Å². The third-order valence-corrected chi connectivity index (χ3v) is 6.12. The molecule has 3 fully saturated rings. The molecule has 0 radical (unpaired) electrons. The number of carbonyl (C=O) groups excluding carboxylic acids is 2. The second-order valence-corrected chi connectivity index (χ2v) is 8.02. The van der Waals surface area contributed by atoms with Crippen LogP contribution < -0.4 is 15.8 Å². The van der Waals surface area contributed by atoms with Crippen LogP contribution in [0.4, 0.5) is 14.9 Å². The monoisotopic (exact) mass is 374 g/mol. The fraction of sp³-hybridized carbons (Fsp3) is 0.600. The molecular formula is C20H27FN4O2. The number of piperidine rings is 1. The zero-order valence-electron chi connectivity index (χ0n) is 15.5. The summed E-state index contributed by atoms with van der Waals surface area (Å²) in [5, 5.41) is 4.45. The first kappa shape index (κ1) is 18.2. The summed E-state index contributed by atoms with van der Waals surface area (Å²) in [4.78, 5) is 27.0. The summed E-state index contributed by atoms with van der Waals surface area (Å²) in [7, 11) is 0. The Labute approximate surface area is 159 Å². The number of nitrogens with one attached hydrogen (secondary N) is 2. The number of hydrazine groups is 1. The van der Waals surface area contributed by atoms with Gasteiger partial charge in [-0.05, 0) is 43.0 Å². The SMILES string of the molecule is O=C(CC1CCCCC1)N1CCC2(CC1)NC(=O)N(c1ccc(F)cc1)N2. The maximum absolute atomic E-state index is 13.1. The standard InChI is InChI=1S/C20H27FN4O2/c21-16-6-8-17(9-7-16)25-19(27)22-20(23-25)10-12-24(13-11-20)18(26)14-15-4-2-1-3-5-15/h6-9,15,23H,1-5,10-14H2,(H,22,27). The largest absolute Gasteiger partial charge is 0.342 e. The highest BCUT2D eigenvalue weighted by molar-refractivity contribution is 5.93. The first-order valence-corrected chi connectivity index (χ1v) is 9.98. The number of anilines is 1. The zero-order valence-corrected chi connectivity index (χ0v) is 15.5. The van der Waals surface area contributed by atoms with Gasteiger partial charge in [-0.25, -0.2) is 19.6 Å². The van der Waals surface area contributed by atoms with Gasteiger partial charge in [0.1, 0.15) is 11.5 Å². The van der Waals surface area contributed by atoms with Crippen LogP contribution in [0.1, 0.15) is 51.4 Å². The molecular weight excluding hydrogens is 347 g/mol. The van der Waals surface area contributed by atoms with Crippen LogP contribution in [0.2, 0.25) is 0 Å². The molecule has 1 spiro atoms. The second kappa shape index (κ2) is 7.46. The molecule has 1 aliphatic carbocycles. The van der Waals surface area contributed by atoms with E-state index in [0.29, 0.717) is 44.0 Å². The molecule has 1 aromatic carbocycles. The smallest absolute Gasteiger partial charge is 0.338 e. The van der Waals surface area contributed by atoms with Crippen LogP contribution in [0.3, 0.4) is 0 Å². The first-order valence-electron chi connectivity index (χ1n) is 9.98. The van der Waals surface area contributed by atoms with E-state index in [2.05, 4.69) is 10.7 Å². The fourth-order valence-corrected chi connectivity index (χ4v) is 4.47. The fourth-order valence-electron chi connectivity index (χ4n) is 4.47. The van der Waals surface area contributed by atoms with E-state index in [0.717, 1.165) is 0 Å². The summed E-state index contributed by atoms with van der Waals surface area (Å²) in [6.45, 7) is 1.27. The van der Waals surface area contributed by atoms with Gasteiger partial charge >= 0.3 is 6.03 Å². The Morgan fingerprint density at radius 3 is 2.44 bits per heavy atom. The minimum Gasteiger partial charge on any atom is -0.342 e. The Balaban J connectivity index is 1.33. The predicted octanol–water partition coefficient (Wildman–Crippen LogP) is 3.15. The molecule has 0 aromatic heterocycles. The number of likely N-dealkylation sites (tertiary alicyclic amines) is 1. The van der Waals surface area contributed by atoms with Crippen LogP contribution in [0.5, 0.6) is 0 Å². The molecule has 1 aromatic rings. The lowest BCUT2D eigenvalue weighted by atomic mass is 9.86. The highest BCUT2D eigenvalue weighted by atomic mass is 19.1. The number of nitrogens with zero attached hydrogens (tertiary/aromatic N) is 2. The molecule has 3 aliphatic rings. The lowest BCUT2D eigenvalue weighted by Crippen LogP contribution is -2.58. The number of halogens is 1. The van der Waals surface area contributed by atoms with Crippen LogP contribution in [0.25, 0.3) is 0 Å². The Morgan fingerprint density at radius 2 is 1.78 bits per heavy atom. The molecule has 27 heavy (non-hydrogen) atoms. The molecule has 3 amide bonds. The number of hydrogen-bond acceptors (Lipinski definition) is 3. The van der Waals surface area contributed by atoms with Crippen LogP contribution in [-0.4, -0.2) is 35.6 Å². The second-order valence-electron chi connectivity index (χ2n) is 8.02. The molecule has 1 saturated carbocycles. The minimum atomic E-state index is -0.535. The van der Waals surface area contributed by atoms with E-state index in [1.807, 2.05) is 4.90 Å². The number of urea groups is 1. The van der Waals surface area contributed by atoms with Gasteiger partial charge in [0.2, 0.25) is 5.91 Å². The predicted molar refractivity (Wildman–Crippen MR) is 100 cm³/mol. The van der Waals surface area contributed by atoms with Crippen molar-refractivity contribution in [2.75, 3.05) is 18.1 Å². The summed E-state index contributed by atoms with van der Waals surface area (Å²) < 4.78 is 13.1. The zero-order chi connectivity index (χ0) is 18.9. The van der Waals surface area contributed by atoms with Crippen LogP contribution in [0.15, 0.2) is 24.3 Å². The molecule has 0 bridgehead atoms. The number of hydrogen-bond donors (Lipinski definition) is 2. The van der Waals surface area contributed by atoms with E-state index in [1.165, 1.54) is 49.2 Å². The molecule has 2 heterocycles. The topological polar surface area (TPSA) is 64.7 Å². The normalized spacial score (nSPS) is 22.9. The lowest BCUT2D eigenvalue weighted by molar-refractivity contribution is -0.134. The van der Waals surface area contributed by atoms with E-state index < -0.39 is 5.66 Å². The Morgan fingerprint density at radius 1 is 1.11 bits per heavy atom. The summed E-state index contributed by atoms with van der Waals surface area (Å²) in [5.74, 6) is 0.453. The van der Waals surface area contributed by atoms with Gasteiger partial charge in [0.05, 0.1) is 5.69 Å². The summed E-state index contributed by atoms with van der Waals surface area (Å²) in [5.41, 5.74) is 3.31. The van der Waals surface area contributed by atoms with Crippen molar-refractivity contribution in [3.05, 3.63) is 30.1 Å². The van der Waals surface area contributed by atoms with Gasteiger partial charge in [0, 0.05) is 32.4 Å². The Hall–Kier alpha value is -2.15. The van der Waals surface area contributed by atoms with Crippen molar-refractivity contribution in [3.63, 3.8) is 0 Å². The number of carbonyl (C=O) groups is 2. The van der Waals surface area contributed by atoms with E-state index in [-0.39, 0.29) is 17.8 Å². The molecule has 6 nitrogen and oxygen atoms in total. The van der Waals surface area contributed by atoms with Gasteiger partial charge in [0.25, 0.3) is 0 Å². The van der Waals surface area contributed by atoms with Gasteiger partial charge in [-0.3, -0.25) is 4.79 Å². The minimum absolute atomic E-state index is 0.247. The summed E-state index contributed by atoms with van der Waals surface area (Å²) >= 11 is 0.